The zero-order valence-corrected chi connectivity index (χ0v) is 10.1. The van der Waals surface area contributed by atoms with Gasteiger partial charge in [-0.05, 0) is 43.7 Å². The van der Waals surface area contributed by atoms with Crippen LogP contribution in [-0.2, 0) is 0 Å². The highest BCUT2D eigenvalue weighted by Crippen LogP contribution is 2.11. The van der Waals surface area contributed by atoms with Gasteiger partial charge < -0.3 is 20.8 Å². The van der Waals surface area contributed by atoms with Crippen LogP contribution in [0.5, 0.6) is 5.75 Å². The van der Waals surface area contributed by atoms with E-state index in [9.17, 15) is 9.90 Å². The Morgan fingerprint density at radius 3 is 2.78 bits per heavy atom. The first-order valence-corrected chi connectivity index (χ1v) is 6.15. The number of phenolic OH excluding ortho intramolecular Hbond substituents is 1. The summed E-state index contributed by atoms with van der Waals surface area (Å²) in [7, 11) is 0. The van der Waals surface area contributed by atoms with Crippen molar-refractivity contribution in [3.63, 3.8) is 0 Å². The average molecular weight is 250 g/mol. The molecule has 1 saturated heterocycles. The quantitative estimate of drug-likeness (QED) is 0.606. The van der Waals surface area contributed by atoms with Crippen molar-refractivity contribution >= 4 is 5.91 Å². The lowest BCUT2D eigenvalue weighted by atomic mass is 10.1. The van der Waals surface area contributed by atoms with E-state index in [4.69, 9.17) is 5.11 Å². The molecule has 0 radical (unpaired) electrons. The second kappa shape index (κ2) is 5.84. The molecule has 1 aromatic rings. The summed E-state index contributed by atoms with van der Waals surface area (Å²) >= 11 is 0. The van der Waals surface area contributed by atoms with Crippen molar-refractivity contribution in [2.75, 3.05) is 13.1 Å². The van der Waals surface area contributed by atoms with Gasteiger partial charge in [0.05, 0.1) is 12.1 Å². The van der Waals surface area contributed by atoms with Crippen molar-refractivity contribution in [2.45, 2.75) is 25.0 Å². The van der Waals surface area contributed by atoms with Gasteiger partial charge in [0.15, 0.2) is 0 Å². The van der Waals surface area contributed by atoms with Crippen LogP contribution in [0.4, 0.5) is 0 Å². The number of rotatable bonds is 2. The van der Waals surface area contributed by atoms with Crippen LogP contribution in [0, 0.1) is 0 Å². The molecule has 18 heavy (non-hydrogen) atoms. The number of hydrogen-bond acceptors (Lipinski definition) is 4. The fraction of sp³-hybridized carbons (Fsp3) is 0.462. The predicted octanol–water partition coefficient (Wildman–Crippen LogP) is 0.235. The number of aliphatic hydroxyl groups excluding tert-OH is 1. The molecule has 1 aromatic carbocycles. The molecule has 1 fully saturated rings. The van der Waals surface area contributed by atoms with Gasteiger partial charge in [0.2, 0.25) is 0 Å². The predicted molar refractivity (Wildman–Crippen MR) is 67.5 cm³/mol. The topological polar surface area (TPSA) is 81.6 Å². The molecule has 98 valence electrons. The van der Waals surface area contributed by atoms with E-state index in [1.165, 1.54) is 12.1 Å². The zero-order chi connectivity index (χ0) is 13.0. The third-order valence-corrected chi connectivity index (χ3v) is 3.13. The summed E-state index contributed by atoms with van der Waals surface area (Å²) in [4.78, 5) is 12.0. The first-order valence-electron chi connectivity index (χ1n) is 6.15. The molecular formula is C13H18N2O3. The summed E-state index contributed by atoms with van der Waals surface area (Å²) in [5.74, 6) is -0.106. The van der Waals surface area contributed by atoms with Gasteiger partial charge in [-0.25, -0.2) is 0 Å². The summed E-state index contributed by atoms with van der Waals surface area (Å²) in [5, 5.41) is 25.0. The number of carbonyl (C=O) groups excluding carboxylic acids is 1. The molecule has 5 nitrogen and oxygen atoms in total. The normalized spacial score (nSPS) is 24.3. The van der Waals surface area contributed by atoms with Crippen molar-refractivity contribution in [1.29, 1.82) is 0 Å². The number of aliphatic hydroxyl groups is 1. The van der Waals surface area contributed by atoms with E-state index in [1.807, 2.05) is 0 Å². The van der Waals surface area contributed by atoms with Gasteiger partial charge in [-0.1, -0.05) is 0 Å². The van der Waals surface area contributed by atoms with Gasteiger partial charge in [0.1, 0.15) is 5.75 Å². The van der Waals surface area contributed by atoms with E-state index in [-0.39, 0.29) is 17.7 Å². The summed E-state index contributed by atoms with van der Waals surface area (Å²) in [6.07, 6.45) is 1.08. The number of amides is 1. The van der Waals surface area contributed by atoms with Crippen LogP contribution >= 0.6 is 0 Å². The van der Waals surface area contributed by atoms with Crippen LogP contribution in [0.2, 0.25) is 0 Å². The molecular weight excluding hydrogens is 232 g/mol. The Morgan fingerprint density at radius 1 is 1.33 bits per heavy atom. The van der Waals surface area contributed by atoms with Gasteiger partial charge >= 0.3 is 0 Å². The molecule has 5 heteroatoms. The summed E-state index contributed by atoms with van der Waals surface area (Å²) in [5.41, 5.74) is 0.476. The molecule has 0 aliphatic carbocycles. The summed E-state index contributed by atoms with van der Waals surface area (Å²) in [6.45, 7) is 1.44. The third kappa shape index (κ3) is 3.21. The molecule has 1 amide bonds. The lowest BCUT2D eigenvalue weighted by molar-refractivity contribution is 0.0833. The smallest absolute Gasteiger partial charge is 0.251 e. The van der Waals surface area contributed by atoms with E-state index in [2.05, 4.69) is 10.6 Å². The monoisotopic (exact) mass is 250 g/mol. The molecule has 0 aromatic heterocycles. The van der Waals surface area contributed by atoms with Gasteiger partial charge in [-0.3, -0.25) is 4.79 Å². The van der Waals surface area contributed by atoms with E-state index in [0.29, 0.717) is 18.5 Å². The zero-order valence-electron chi connectivity index (χ0n) is 10.1. The lowest BCUT2D eigenvalue weighted by Gasteiger charge is -2.21. The van der Waals surface area contributed by atoms with Crippen LogP contribution in [0.1, 0.15) is 23.2 Å². The Kier molecular flexibility index (Phi) is 4.17. The van der Waals surface area contributed by atoms with Crippen molar-refractivity contribution < 1.29 is 15.0 Å². The Hall–Kier alpha value is -1.59. The van der Waals surface area contributed by atoms with E-state index in [0.717, 1.165) is 13.0 Å². The summed E-state index contributed by atoms with van der Waals surface area (Å²) < 4.78 is 0. The number of aromatic hydroxyl groups is 1. The fourth-order valence-electron chi connectivity index (χ4n) is 2.04. The lowest BCUT2D eigenvalue weighted by Crippen LogP contribution is -2.47. The van der Waals surface area contributed by atoms with Crippen LogP contribution in [-0.4, -0.2) is 41.4 Å². The van der Waals surface area contributed by atoms with E-state index in [1.54, 1.807) is 12.1 Å². The Balaban J connectivity index is 1.99. The Morgan fingerprint density at radius 2 is 2.06 bits per heavy atom. The second-order valence-electron chi connectivity index (χ2n) is 4.54. The molecule has 1 aliphatic rings. The van der Waals surface area contributed by atoms with Crippen LogP contribution < -0.4 is 10.6 Å². The maximum absolute atomic E-state index is 12.0. The fourth-order valence-corrected chi connectivity index (χ4v) is 2.04. The van der Waals surface area contributed by atoms with Crippen molar-refractivity contribution in [3.8, 4) is 5.75 Å². The van der Waals surface area contributed by atoms with Gasteiger partial charge in [-0.2, -0.15) is 0 Å². The average Bonchev–Trinajstić information content (AvgIpc) is 2.56. The number of hydrogen-bond donors (Lipinski definition) is 4. The minimum absolute atomic E-state index is 0.128. The SMILES string of the molecule is O=C(N[C@H]1CNCCC[C@H]1O)c1ccc(O)cc1. The molecule has 1 aliphatic heterocycles. The maximum atomic E-state index is 12.0. The number of nitrogens with one attached hydrogen (secondary N) is 2. The van der Waals surface area contributed by atoms with Crippen molar-refractivity contribution in [3.05, 3.63) is 29.8 Å². The number of benzene rings is 1. The first kappa shape index (κ1) is 12.9. The van der Waals surface area contributed by atoms with E-state index >= 15 is 0 Å². The maximum Gasteiger partial charge on any atom is 0.251 e. The Labute approximate surface area is 106 Å². The van der Waals surface area contributed by atoms with Gasteiger partial charge in [0, 0.05) is 12.1 Å². The highest BCUT2D eigenvalue weighted by molar-refractivity contribution is 5.94. The molecule has 2 rings (SSSR count). The van der Waals surface area contributed by atoms with Crippen LogP contribution in [0.15, 0.2) is 24.3 Å². The number of phenols is 1. The van der Waals surface area contributed by atoms with Crippen molar-refractivity contribution in [2.24, 2.45) is 0 Å². The highest BCUT2D eigenvalue weighted by atomic mass is 16.3. The van der Waals surface area contributed by atoms with Gasteiger partial charge in [-0.15, -0.1) is 0 Å². The molecule has 2 atom stereocenters. The van der Waals surface area contributed by atoms with Crippen LogP contribution in [0.3, 0.4) is 0 Å². The standard InChI is InChI=1S/C13H18N2O3/c16-10-5-3-9(4-6-10)13(18)15-11-8-14-7-1-2-12(11)17/h3-6,11-12,14,16-17H,1-2,7-8H2,(H,15,18)/t11-,12+/m0/s1. The van der Waals surface area contributed by atoms with Crippen molar-refractivity contribution in [1.82, 2.24) is 10.6 Å². The minimum atomic E-state index is -0.513. The summed E-state index contributed by atoms with van der Waals surface area (Å²) in [6, 6.07) is 5.78. The molecule has 0 spiro atoms. The van der Waals surface area contributed by atoms with Gasteiger partial charge in [0.25, 0.3) is 5.91 Å². The molecule has 0 bridgehead atoms. The van der Waals surface area contributed by atoms with Crippen LogP contribution in [0.25, 0.3) is 0 Å². The molecule has 0 saturated carbocycles. The van der Waals surface area contributed by atoms with E-state index < -0.39 is 6.10 Å². The molecule has 1 heterocycles. The number of carbonyl (C=O) groups is 1. The third-order valence-electron chi connectivity index (χ3n) is 3.13. The first-order chi connectivity index (χ1) is 8.66. The minimum Gasteiger partial charge on any atom is -0.508 e. The molecule has 0 unspecified atom stereocenters. The second-order valence-corrected chi connectivity index (χ2v) is 4.54. The largest absolute Gasteiger partial charge is 0.508 e. The Bertz CT molecular complexity index is 405. The molecule has 4 N–H and O–H groups in total. The highest BCUT2D eigenvalue weighted by Gasteiger charge is 2.23.